The minimum Gasteiger partial charge on any atom is -0.493 e. The summed E-state index contributed by atoms with van der Waals surface area (Å²) >= 11 is 0. The molecule has 1 aliphatic heterocycles. The molecule has 1 aromatic heterocycles. The van der Waals surface area contributed by atoms with Crippen LogP contribution in [0.4, 0.5) is 11.6 Å². The van der Waals surface area contributed by atoms with Crippen molar-refractivity contribution < 1.29 is 14.6 Å². The molecule has 2 N–H and O–H groups in total. The van der Waals surface area contributed by atoms with E-state index in [2.05, 4.69) is 39.2 Å². The second-order valence-corrected chi connectivity index (χ2v) is 9.12. The average molecular weight is 459 g/mol. The first kappa shape index (κ1) is 25.0. The third-order valence-electron chi connectivity index (χ3n) is 5.77. The molecule has 0 saturated carbocycles. The number of anilines is 2. The first-order valence-corrected chi connectivity index (χ1v) is 11.4. The van der Waals surface area contributed by atoms with Crippen molar-refractivity contribution in [2.75, 3.05) is 77.9 Å². The van der Waals surface area contributed by atoms with Gasteiger partial charge in [0.25, 0.3) is 0 Å². The molecule has 9 nitrogen and oxygen atoms in total. The van der Waals surface area contributed by atoms with Crippen molar-refractivity contribution in [3.63, 3.8) is 0 Å². The van der Waals surface area contributed by atoms with E-state index in [1.807, 2.05) is 43.3 Å². The average Bonchev–Trinajstić information content (AvgIpc) is 3.19. The molecule has 0 bridgehead atoms. The van der Waals surface area contributed by atoms with Crippen LogP contribution in [0.1, 0.15) is 18.4 Å². The highest BCUT2D eigenvalue weighted by molar-refractivity contribution is 5.50. The number of methoxy groups -OCH3 is 1. The summed E-state index contributed by atoms with van der Waals surface area (Å²) in [5, 5.41) is 14.5. The van der Waals surface area contributed by atoms with Crippen LogP contribution < -0.4 is 24.6 Å². The van der Waals surface area contributed by atoms with E-state index in [0.29, 0.717) is 32.7 Å². The predicted molar refractivity (Wildman–Crippen MR) is 132 cm³/mol. The van der Waals surface area contributed by atoms with Crippen LogP contribution in [0.3, 0.4) is 0 Å². The third-order valence-corrected chi connectivity index (χ3v) is 5.77. The first-order chi connectivity index (χ1) is 15.8. The molecule has 1 aromatic carbocycles. The number of aromatic nitrogens is 2. The quantitative estimate of drug-likeness (QED) is 0.461. The molecule has 9 heteroatoms. The highest BCUT2D eigenvalue weighted by Gasteiger charge is 2.36. The number of aliphatic hydroxyl groups is 1. The molecular formula is C24H38N6O3. The molecule has 0 spiro atoms. The lowest BCUT2D eigenvalue weighted by Gasteiger charge is -2.25. The summed E-state index contributed by atoms with van der Waals surface area (Å²) < 4.78 is 11.4. The van der Waals surface area contributed by atoms with Crippen molar-refractivity contribution >= 4 is 11.6 Å². The smallest absolute Gasteiger partial charge is 0.161 e. The number of hydrogen-bond donors (Lipinski definition) is 2. The third kappa shape index (κ3) is 7.18. The predicted octanol–water partition coefficient (Wildman–Crippen LogP) is 1.61. The maximum absolute atomic E-state index is 11.1. The molecule has 1 atom stereocenters. The fourth-order valence-corrected chi connectivity index (χ4v) is 3.89. The second kappa shape index (κ2) is 11.5. The molecule has 0 amide bonds. The molecular weight excluding hydrogens is 420 g/mol. The maximum atomic E-state index is 11.1. The summed E-state index contributed by atoms with van der Waals surface area (Å²) in [6, 6.07) is 7.93. The van der Waals surface area contributed by atoms with Gasteiger partial charge in [0, 0.05) is 52.9 Å². The van der Waals surface area contributed by atoms with E-state index in [4.69, 9.17) is 9.47 Å². The number of rotatable bonds is 12. The molecule has 1 aliphatic rings. The highest BCUT2D eigenvalue weighted by Crippen LogP contribution is 2.29. The molecule has 0 radical (unpaired) electrons. The van der Waals surface area contributed by atoms with E-state index in [9.17, 15) is 5.11 Å². The van der Waals surface area contributed by atoms with Gasteiger partial charge in [-0.3, -0.25) is 0 Å². The molecule has 33 heavy (non-hydrogen) atoms. The number of hydrogen-bond acceptors (Lipinski definition) is 9. The standard InChI is InChI=1S/C24H38N6O3/c1-28(2)10-6-12-33-20-8-7-19(13-21(20)32-5)15-25-16-24(31)9-11-30(17-24)23-14-22(29(3)4)26-18-27-23/h7-8,13-14,18,25,31H,6,9-12,15-17H2,1-5H3/t24-/m1/s1. The minimum absolute atomic E-state index is 0.500. The zero-order valence-corrected chi connectivity index (χ0v) is 20.5. The van der Waals surface area contributed by atoms with Gasteiger partial charge < -0.3 is 34.6 Å². The van der Waals surface area contributed by atoms with Crippen LogP contribution in [-0.4, -0.2) is 93.7 Å². The van der Waals surface area contributed by atoms with Gasteiger partial charge >= 0.3 is 0 Å². The fourth-order valence-electron chi connectivity index (χ4n) is 3.89. The Bertz CT molecular complexity index is 894. The Morgan fingerprint density at radius 1 is 1.15 bits per heavy atom. The molecule has 182 valence electrons. The van der Waals surface area contributed by atoms with Gasteiger partial charge in [-0.1, -0.05) is 6.07 Å². The summed E-state index contributed by atoms with van der Waals surface area (Å²) in [7, 11) is 9.67. The van der Waals surface area contributed by atoms with Crippen molar-refractivity contribution in [2.45, 2.75) is 25.0 Å². The number of benzene rings is 1. The Balaban J connectivity index is 1.50. The lowest BCUT2D eigenvalue weighted by molar-refractivity contribution is 0.0626. The van der Waals surface area contributed by atoms with E-state index in [1.165, 1.54) is 0 Å². The van der Waals surface area contributed by atoms with Gasteiger partial charge in [0.05, 0.1) is 19.3 Å². The Labute approximate surface area is 197 Å². The molecule has 0 unspecified atom stereocenters. The number of β-amino-alcohol motifs (C(OH)–C–C–N with tert-alkyl or cyclic N) is 1. The largest absolute Gasteiger partial charge is 0.493 e. The van der Waals surface area contributed by atoms with Crippen LogP contribution in [-0.2, 0) is 6.54 Å². The van der Waals surface area contributed by atoms with Crippen LogP contribution in [0.2, 0.25) is 0 Å². The highest BCUT2D eigenvalue weighted by atomic mass is 16.5. The lowest BCUT2D eigenvalue weighted by Crippen LogP contribution is -2.43. The Kier molecular flexibility index (Phi) is 8.71. The summed E-state index contributed by atoms with van der Waals surface area (Å²) in [5.41, 5.74) is 0.278. The van der Waals surface area contributed by atoms with E-state index < -0.39 is 5.60 Å². The van der Waals surface area contributed by atoms with Crippen molar-refractivity contribution in [3.8, 4) is 11.5 Å². The van der Waals surface area contributed by atoms with Crippen molar-refractivity contribution in [3.05, 3.63) is 36.2 Å². The van der Waals surface area contributed by atoms with Crippen LogP contribution in [0.5, 0.6) is 11.5 Å². The van der Waals surface area contributed by atoms with E-state index in [-0.39, 0.29) is 0 Å². The molecule has 1 fully saturated rings. The van der Waals surface area contributed by atoms with Crippen LogP contribution >= 0.6 is 0 Å². The number of nitrogens with one attached hydrogen (secondary N) is 1. The topological polar surface area (TPSA) is 86.2 Å². The Morgan fingerprint density at radius 3 is 2.70 bits per heavy atom. The normalized spacial score (nSPS) is 18.1. The zero-order chi connectivity index (χ0) is 23.8. The van der Waals surface area contributed by atoms with Gasteiger partial charge in [-0.2, -0.15) is 0 Å². The molecule has 2 heterocycles. The summed E-state index contributed by atoms with van der Waals surface area (Å²) in [6.07, 6.45) is 3.22. The monoisotopic (exact) mass is 458 g/mol. The second-order valence-electron chi connectivity index (χ2n) is 9.12. The van der Waals surface area contributed by atoms with Crippen LogP contribution in [0.15, 0.2) is 30.6 Å². The zero-order valence-electron chi connectivity index (χ0n) is 20.5. The van der Waals surface area contributed by atoms with Gasteiger partial charge in [0.1, 0.15) is 18.0 Å². The van der Waals surface area contributed by atoms with Gasteiger partial charge in [-0.05, 0) is 44.6 Å². The summed E-state index contributed by atoms with van der Waals surface area (Å²) in [5.74, 6) is 3.18. The van der Waals surface area contributed by atoms with Gasteiger partial charge in [0.15, 0.2) is 11.5 Å². The van der Waals surface area contributed by atoms with E-state index in [0.717, 1.165) is 48.2 Å². The molecule has 2 aromatic rings. The maximum Gasteiger partial charge on any atom is 0.161 e. The lowest BCUT2D eigenvalue weighted by atomic mass is 10.0. The Hall–Kier alpha value is -2.62. The molecule has 1 saturated heterocycles. The fraction of sp³-hybridized carbons (Fsp3) is 0.583. The molecule has 3 rings (SSSR count). The van der Waals surface area contributed by atoms with Gasteiger partial charge in [-0.25, -0.2) is 9.97 Å². The summed E-state index contributed by atoms with van der Waals surface area (Å²) in [6.45, 7) is 4.07. The van der Waals surface area contributed by atoms with Crippen LogP contribution in [0, 0.1) is 0 Å². The van der Waals surface area contributed by atoms with Crippen molar-refractivity contribution in [1.29, 1.82) is 0 Å². The number of ether oxygens (including phenoxy) is 2. The van der Waals surface area contributed by atoms with Crippen molar-refractivity contribution in [1.82, 2.24) is 20.2 Å². The minimum atomic E-state index is -0.803. The first-order valence-electron chi connectivity index (χ1n) is 11.4. The molecule has 0 aliphatic carbocycles. The van der Waals surface area contributed by atoms with E-state index >= 15 is 0 Å². The SMILES string of the molecule is COc1cc(CNC[C@]2(O)CCN(c3cc(N(C)C)ncn3)C2)ccc1OCCCN(C)C. The summed E-state index contributed by atoms with van der Waals surface area (Å²) in [4.78, 5) is 14.9. The van der Waals surface area contributed by atoms with Crippen LogP contribution in [0.25, 0.3) is 0 Å². The van der Waals surface area contributed by atoms with Gasteiger partial charge in [0.2, 0.25) is 0 Å². The Morgan fingerprint density at radius 2 is 1.97 bits per heavy atom. The number of nitrogens with zero attached hydrogens (tertiary/aromatic N) is 5. The van der Waals surface area contributed by atoms with E-state index in [1.54, 1.807) is 13.4 Å². The van der Waals surface area contributed by atoms with Crippen molar-refractivity contribution in [2.24, 2.45) is 0 Å². The van der Waals surface area contributed by atoms with Gasteiger partial charge in [-0.15, -0.1) is 0 Å².